The largest absolute Gasteiger partial charge is 0.493 e. The summed E-state index contributed by atoms with van der Waals surface area (Å²) in [7, 11) is 0. The van der Waals surface area contributed by atoms with Gasteiger partial charge in [0, 0.05) is 13.1 Å². The number of amides is 1. The lowest BCUT2D eigenvalue weighted by atomic mass is 10.2. The Morgan fingerprint density at radius 3 is 2.55 bits per heavy atom. The standard InChI is InChI=1S/C23H29N3O2S/c1-4-25(5-2)14-15-26(22(27)13-16-28-19-9-7-6-8-10-19)23-24-20-12-11-18(3)17-21(20)29-23/h6-12,17H,4-5,13-16H2,1-3H3. The van der Waals surface area contributed by atoms with Gasteiger partial charge in [0.2, 0.25) is 5.91 Å². The van der Waals surface area contributed by atoms with Crippen LogP contribution in [0, 0.1) is 6.92 Å². The van der Waals surface area contributed by atoms with E-state index in [0.717, 1.165) is 40.7 Å². The van der Waals surface area contributed by atoms with Crippen molar-refractivity contribution in [1.82, 2.24) is 9.88 Å². The third-order valence-corrected chi connectivity index (χ3v) is 5.97. The number of benzene rings is 2. The summed E-state index contributed by atoms with van der Waals surface area (Å²) in [6.07, 6.45) is 0.322. The van der Waals surface area contributed by atoms with Gasteiger partial charge in [0.15, 0.2) is 5.13 Å². The summed E-state index contributed by atoms with van der Waals surface area (Å²) in [5.41, 5.74) is 2.14. The third kappa shape index (κ3) is 5.78. The number of para-hydroxylation sites is 1. The van der Waals surface area contributed by atoms with E-state index in [9.17, 15) is 4.79 Å². The van der Waals surface area contributed by atoms with Gasteiger partial charge in [-0.1, -0.05) is 49.4 Å². The lowest BCUT2D eigenvalue weighted by molar-refractivity contribution is -0.119. The number of hydrogen-bond acceptors (Lipinski definition) is 5. The number of carbonyl (C=O) groups is 1. The number of likely N-dealkylation sites (N-methyl/N-ethyl adjacent to an activating group) is 1. The molecule has 0 radical (unpaired) electrons. The number of aryl methyl sites for hydroxylation is 1. The number of aromatic nitrogens is 1. The molecule has 1 aromatic heterocycles. The van der Waals surface area contributed by atoms with Gasteiger partial charge in [0.05, 0.1) is 23.2 Å². The van der Waals surface area contributed by atoms with Gasteiger partial charge >= 0.3 is 0 Å². The molecule has 154 valence electrons. The fourth-order valence-electron chi connectivity index (χ4n) is 3.15. The Morgan fingerprint density at radius 2 is 1.83 bits per heavy atom. The second-order valence-corrected chi connectivity index (χ2v) is 7.96. The summed E-state index contributed by atoms with van der Waals surface area (Å²) in [5, 5.41) is 0.766. The van der Waals surface area contributed by atoms with Crippen LogP contribution in [0.4, 0.5) is 5.13 Å². The van der Waals surface area contributed by atoms with E-state index in [-0.39, 0.29) is 5.91 Å². The molecule has 0 aliphatic heterocycles. The van der Waals surface area contributed by atoms with Gasteiger partial charge < -0.3 is 9.64 Å². The molecule has 0 N–H and O–H groups in total. The lowest BCUT2D eigenvalue weighted by Crippen LogP contribution is -2.39. The van der Waals surface area contributed by atoms with Crippen LogP contribution in [0.5, 0.6) is 5.75 Å². The van der Waals surface area contributed by atoms with Gasteiger partial charge in [-0.15, -0.1) is 0 Å². The quantitative estimate of drug-likeness (QED) is 0.483. The minimum absolute atomic E-state index is 0.0452. The molecule has 1 heterocycles. The van der Waals surface area contributed by atoms with Crippen molar-refractivity contribution in [2.45, 2.75) is 27.2 Å². The summed E-state index contributed by atoms with van der Waals surface area (Å²) in [6.45, 7) is 10.1. The number of ether oxygens (including phenoxy) is 1. The first-order valence-corrected chi connectivity index (χ1v) is 11.0. The van der Waals surface area contributed by atoms with Crippen LogP contribution in [0.1, 0.15) is 25.8 Å². The van der Waals surface area contributed by atoms with Crippen LogP contribution in [0.25, 0.3) is 10.2 Å². The first-order valence-electron chi connectivity index (χ1n) is 10.2. The molecule has 0 atom stereocenters. The van der Waals surface area contributed by atoms with Crippen LogP contribution in [0.3, 0.4) is 0 Å². The van der Waals surface area contributed by atoms with E-state index in [1.807, 2.05) is 41.3 Å². The SMILES string of the molecule is CCN(CC)CCN(C(=O)CCOc1ccccc1)c1nc2ccc(C)cc2s1. The molecule has 6 heteroatoms. The second kappa shape index (κ2) is 10.4. The maximum absolute atomic E-state index is 13.1. The average molecular weight is 412 g/mol. The van der Waals surface area contributed by atoms with Gasteiger partial charge in [-0.3, -0.25) is 9.69 Å². The molecule has 0 aliphatic rings. The number of hydrogen-bond donors (Lipinski definition) is 0. The van der Waals surface area contributed by atoms with Crippen LogP contribution < -0.4 is 9.64 Å². The van der Waals surface area contributed by atoms with Crippen LogP contribution in [0.2, 0.25) is 0 Å². The van der Waals surface area contributed by atoms with Gasteiger partial charge in [-0.05, 0) is 49.8 Å². The maximum Gasteiger partial charge on any atom is 0.232 e. The fourth-order valence-corrected chi connectivity index (χ4v) is 4.26. The predicted octanol–water partition coefficient (Wildman–Crippen LogP) is 4.75. The topological polar surface area (TPSA) is 45.7 Å². The molecule has 29 heavy (non-hydrogen) atoms. The lowest BCUT2D eigenvalue weighted by Gasteiger charge is -2.24. The van der Waals surface area contributed by atoms with Crippen molar-refractivity contribution in [3.05, 3.63) is 54.1 Å². The Morgan fingerprint density at radius 1 is 1.07 bits per heavy atom. The maximum atomic E-state index is 13.1. The molecule has 0 unspecified atom stereocenters. The molecular formula is C23H29N3O2S. The Balaban J connectivity index is 1.72. The van der Waals surface area contributed by atoms with Crippen molar-refractivity contribution in [3.8, 4) is 5.75 Å². The van der Waals surface area contributed by atoms with Crippen molar-refractivity contribution in [2.75, 3.05) is 37.7 Å². The van der Waals surface area contributed by atoms with E-state index in [1.54, 1.807) is 11.3 Å². The Bertz CT molecular complexity index is 922. The Hall–Kier alpha value is -2.44. The van der Waals surface area contributed by atoms with Crippen molar-refractivity contribution >= 4 is 32.6 Å². The number of fused-ring (bicyclic) bond motifs is 1. The van der Waals surface area contributed by atoms with E-state index < -0.39 is 0 Å². The Labute approximate surface area is 176 Å². The van der Waals surface area contributed by atoms with E-state index in [1.165, 1.54) is 5.56 Å². The second-order valence-electron chi connectivity index (χ2n) is 6.95. The molecule has 0 spiro atoms. The van der Waals surface area contributed by atoms with Crippen LogP contribution >= 0.6 is 11.3 Å². The number of carbonyl (C=O) groups excluding carboxylic acids is 1. The molecule has 3 rings (SSSR count). The zero-order valence-electron chi connectivity index (χ0n) is 17.4. The first-order chi connectivity index (χ1) is 14.1. The number of nitrogens with zero attached hydrogens (tertiary/aromatic N) is 3. The fraction of sp³-hybridized carbons (Fsp3) is 0.391. The van der Waals surface area contributed by atoms with Gasteiger partial charge in [-0.2, -0.15) is 0 Å². The molecule has 2 aromatic carbocycles. The highest BCUT2D eigenvalue weighted by Gasteiger charge is 2.20. The van der Waals surface area contributed by atoms with Crippen molar-refractivity contribution in [2.24, 2.45) is 0 Å². The van der Waals surface area contributed by atoms with Crippen molar-refractivity contribution in [1.29, 1.82) is 0 Å². The van der Waals surface area contributed by atoms with Crippen LogP contribution in [-0.2, 0) is 4.79 Å². The van der Waals surface area contributed by atoms with E-state index in [2.05, 4.69) is 37.8 Å². The molecule has 1 amide bonds. The predicted molar refractivity (Wildman–Crippen MR) is 121 cm³/mol. The van der Waals surface area contributed by atoms with Gasteiger partial charge in [0.1, 0.15) is 5.75 Å². The number of rotatable bonds is 10. The summed E-state index contributed by atoms with van der Waals surface area (Å²) >= 11 is 1.58. The van der Waals surface area contributed by atoms with Crippen molar-refractivity contribution < 1.29 is 9.53 Å². The van der Waals surface area contributed by atoms with E-state index in [0.29, 0.717) is 19.6 Å². The molecule has 0 saturated carbocycles. The Kier molecular flexibility index (Phi) is 7.61. The molecule has 0 aliphatic carbocycles. The minimum atomic E-state index is 0.0452. The van der Waals surface area contributed by atoms with Crippen molar-refractivity contribution in [3.63, 3.8) is 0 Å². The molecule has 0 fully saturated rings. The summed E-state index contributed by atoms with van der Waals surface area (Å²) in [4.78, 5) is 21.9. The van der Waals surface area contributed by atoms with E-state index >= 15 is 0 Å². The van der Waals surface area contributed by atoms with Crippen LogP contribution in [-0.4, -0.2) is 48.6 Å². The monoisotopic (exact) mass is 411 g/mol. The normalized spacial score (nSPS) is 11.2. The van der Waals surface area contributed by atoms with Gasteiger partial charge in [0.25, 0.3) is 0 Å². The zero-order valence-corrected chi connectivity index (χ0v) is 18.2. The zero-order chi connectivity index (χ0) is 20.6. The molecule has 0 saturated heterocycles. The minimum Gasteiger partial charge on any atom is -0.493 e. The number of anilines is 1. The first kappa shape index (κ1) is 21.3. The molecule has 3 aromatic rings. The van der Waals surface area contributed by atoms with Gasteiger partial charge in [-0.25, -0.2) is 4.98 Å². The summed E-state index contributed by atoms with van der Waals surface area (Å²) < 4.78 is 6.84. The summed E-state index contributed by atoms with van der Waals surface area (Å²) in [6, 6.07) is 15.8. The summed E-state index contributed by atoms with van der Waals surface area (Å²) in [5.74, 6) is 0.828. The average Bonchev–Trinajstić information content (AvgIpc) is 3.14. The molecular weight excluding hydrogens is 382 g/mol. The van der Waals surface area contributed by atoms with E-state index in [4.69, 9.17) is 9.72 Å². The molecule has 0 bridgehead atoms. The molecule has 5 nitrogen and oxygen atoms in total. The third-order valence-electron chi connectivity index (χ3n) is 4.93. The smallest absolute Gasteiger partial charge is 0.232 e. The van der Waals surface area contributed by atoms with Crippen LogP contribution in [0.15, 0.2) is 48.5 Å². The highest BCUT2D eigenvalue weighted by molar-refractivity contribution is 7.22. The highest BCUT2D eigenvalue weighted by atomic mass is 32.1. The highest BCUT2D eigenvalue weighted by Crippen LogP contribution is 2.30. The number of thiazole rings is 1.